The number of esters is 2. The molecule has 2 aliphatic rings. The Morgan fingerprint density at radius 3 is 1.58 bits per heavy atom. The number of carbonyl (C=O) groups excluding carboxylic acids is 2. The molecule has 2 heterocycles. The molecule has 15 heteroatoms. The fraction of sp³-hybridized carbons (Fsp3) is 0.952. The van der Waals surface area contributed by atoms with Crippen molar-refractivity contribution < 1.29 is 43.9 Å². The van der Waals surface area contributed by atoms with E-state index in [2.05, 4.69) is 31.3 Å². The summed E-state index contributed by atoms with van der Waals surface area (Å²) in [5, 5.41) is 30.1. The molecule has 13 nitrogen and oxygen atoms in total. The van der Waals surface area contributed by atoms with Gasteiger partial charge in [-0.2, -0.15) is 0 Å². The molecule has 0 aliphatic carbocycles. The maximum absolute atomic E-state index is 12.9. The highest BCUT2D eigenvalue weighted by Crippen LogP contribution is 2.26. The summed E-state index contributed by atoms with van der Waals surface area (Å²) < 4.78 is 22.8. The van der Waals surface area contributed by atoms with Gasteiger partial charge in [0, 0.05) is 57.5 Å². The van der Waals surface area contributed by atoms with Crippen molar-refractivity contribution in [2.24, 2.45) is 5.92 Å². The molecule has 0 aromatic rings. The van der Waals surface area contributed by atoms with Crippen molar-refractivity contribution in [3.8, 4) is 0 Å². The maximum atomic E-state index is 12.9. The van der Waals surface area contributed by atoms with E-state index in [0.717, 1.165) is 129 Å². The Kier molecular flexibility index (Phi) is 26.4. The van der Waals surface area contributed by atoms with Crippen molar-refractivity contribution in [2.45, 2.75) is 155 Å². The summed E-state index contributed by atoms with van der Waals surface area (Å²) in [5.74, 6) is 0.283. The van der Waals surface area contributed by atoms with Gasteiger partial charge in [-0.05, 0) is 99.8 Å². The van der Waals surface area contributed by atoms with E-state index in [0.29, 0.717) is 19.7 Å². The fourth-order valence-electron chi connectivity index (χ4n) is 7.39. The van der Waals surface area contributed by atoms with Crippen LogP contribution in [0.5, 0.6) is 0 Å². The predicted molar refractivity (Wildman–Crippen MR) is 233 cm³/mol. The molecule has 0 saturated carbocycles. The second kappa shape index (κ2) is 28.7. The number of hydrogen-bond acceptors (Lipinski definition) is 15. The molecule has 0 aromatic carbocycles. The number of thiol groups is 1. The summed E-state index contributed by atoms with van der Waals surface area (Å²) in [7, 11) is 1.57. The van der Waals surface area contributed by atoms with Crippen LogP contribution in [0.4, 0.5) is 0 Å². The number of aliphatic hydroxyl groups is 3. The van der Waals surface area contributed by atoms with Crippen LogP contribution in [0.2, 0.25) is 0 Å². The van der Waals surface area contributed by atoms with Gasteiger partial charge in [-0.3, -0.25) is 19.4 Å². The number of carbonyl (C=O) groups is 2. The zero-order chi connectivity index (χ0) is 42.3. The monoisotopic (exact) mass is 851 g/mol. The van der Waals surface area contributed by atoms with Gasteiger partial charge in [0.15, 0.2) is 6.29 Å². The number of aliphatic hydroxyl groups excluding tert-OH is 3. The van der Waals surface area contributed by atoms with Crippen LogP contribution in [0.1, 0.15) is 119 Å². The summed E-state index contributed by atoms with van der Waals surface area (Å²) >= 11 is 4.34. The molecule has 0 aromatic heterocycles. The van der Waals surface area contributed by atoms with Gasteiger partial charge in [0.1, 0.15) is 17.3 Å². The smallest absolute Gasteiger partial charge is 0.320 e. The van der Waals surface area contributed by atoms with Gasteiger partial charge in [0.05, 0.1) is 31.9 Å². The van der Waals surface area contributed by atoms with Crippen molar-refractivity contribution in [1.29, 1.82) is 0 Å². The zero-order valence-corrected chi connectivity index (χ0v) is 38.4. The molecular formula is C42H82N4O9S2. The summed E-state index contributed by atoms with van der Waals surface area (Å²) in [4.78, 5) is 35.4. The van der Waals surface area contributed by atoms with E-state index in [1.54, 1.807) is 17.7 Å². The predicted octanol–water partition coefficient (Wildman–Crippen LogP) is 4.85. The van der Waals surface area contributed by atoms with Gasteiger partial charge in [-0.15, -0.1) is 11.7 Å². The molecule has 0 spiro atoms. The second-order valence-corrected chi connectivity index (χ2v) is 19.5. The molecule has 2 saturated heterocycles. The first-order chi connectivity index (χ1) is 27.0. The maximum Gasteiger partial charge on any atom is 0.320 e. The molecule has 57 heavy (non-hydrogen) atoms. The minimum absolute atomic E-state index is 0.175. The summed E-state index contributed by atoms with van der Waals surface area (Å²) in [6.45, 7) is 22.9. The van der Waals surface area contributed by atoms with Gasteiger partial charge >= 0.3 is 11.9 Å². The highest BCUT2D eigenvalue weighted by molar-refractivity contribution is 8.68. The normalized spacial score (nSPS) is 24.9. The lowest BCUT2D eigenvalue weighted by Crippen LogP contribution is -2.55. The average Bonchev–Trinajstić information content (AvgIpc) is 3.12. The molecule has 5 atom stereocenters. The van der Waals surface area contributed by atoms with E-state index >= 15 is 0 Å². The van der Waals surface area contributed by atoms with Crippen molar-refractivity contribution >= 4 is 34.4 Å². The zero-order valence-electron chi connectivity index (χ0n) is 36.7. The minimum Gasteiger partial charge on any atom is -0.459 e. The summed E-state index contributed by atoms with van der Waals surface area (Å²) in [6, 6.07) is 0. The Hall–Kier alpha value is -0.720. The summed E-state index contributed by atoms with van der Waals surface area (Å²) in [6.07, 6.45) is 8.19. The van der Waals surface area contributed by atoms with Crippen LogP contribution < -0.4 is 0 Å². The quantitative estimate of drug-likeness (QED) is 0.0541. The third kappa shape index (κ3) is 24.3. The number of rotatable bonds is 21. The molecule has 0 bridgehead atoms. The lowest BCUT2D eigenvalue weighted by Gasteiger charge is -2.40. The van der Waals surface area contributed by atoms with Crippen molar-refractivity contribution in [1.82, 2.24) is 19.6 Å². The molecule has 0 amide bonds. The van der Waals surface area contributed by atoms with Crippen molar-refractivity contribution in [3.63, 3.8) is 0 Å². The van der Waals surface area contributed by atoms with Crippen LogP contribution in [-0.2, 0) is 28.5 Å². The van der Waals surface area contributed by atoms with Crippen molar-refractivity contribution in [2.75, 3.05) is 97.5 Å². The standard InChI is InChI=1S/C42H82N4O9S2/c1-34-35(33-47)53-40(39(51)38(34)50)52-29-15-13-11-9-8-10-12-14-19-43-20-16-22-46(32-37(49)55-42(5,6)7)28-26-44(24-18-30-57-56)21-17-23-45(27-25-43)31-36(48)54-41(2,3)4/h34-35,38-40,47,50-51,56H,8-33H2,1-7H3. The summed E-state index contributed by atoms with van der Waals surface area (Å²) in [5.41, 5.74) is -1.03. The molecule has 5 unspecified atom stereocenters. The topological polar surface area (TPSA) is 145 Å². The highest BCUT2D eigenvalue weighted by Gasteiger charge is 2.42. The van der Waals surface area contributed by atoms with E-state index < -0.39 is 35.8 Å². The number of unbranched alkanes of at least 4 members (excludes halogenated alkanes) is 7. The molecule has 3 N–H and O–H groups in total. The molecule has 2 fully saturated rings. The Morgan fingerprint density at radius 1 is 0.667 bits per heavy atom. The average molecular weight is 851 g/mol. The Morgan fingerprint density at radius 2 is 1.11 bits per heavy atom. The van der Waals surface area contributed by atoms with Crippen LogP contribution >= 0.6 is 22.5 Å². The Labute approximate surface area is 355 Å². The van der Waals surface area contributed by atoms with Gasteiger partial charge in [-0.1, -0.05) is 56.2 Å². The van der Waals surface area contributed by atoms with Gasteiger partial charge in [0.2, 0.25) is 0 Å². The lowest BCUT2D eigenvalue weighted by atomic mass is 9.91. The van der Waals surface area contributed by atoms with Crippen LogP contribution in [0.25, 0.3) is 0 Å². The number of ether oxygens (including phenoxy) is 4. The molecule has 2 rings (SSSR count). The second-order valence-electron chi connectivity index (χ2n) is 18.1. The first-order valence-corrected chi connectivity index (χ1v) is 23.9. The van der Waals surface area contributed by atoms with E-state index in [9.17, 15) is 24.9 Å². The number of nitrogens with zero attached hydrogens (tertiary/aromatic N) is 4. The first-order valence-electron chi connectivity index (χ1n) is 21.8. The van der Waals surface area contributed by atoms with E-state index in [1.165, 1.54) is 12.8 Å². The van der Waals surface area contributed by atoms with Gasteiger partial charge in [-0.25, -0.2) is 0 Å². The third-order valence-corrected chi connectivity index (χ3v) is 11.5. The lowest BCUT2D eigenvalue weighted by molar-refractivity contribution is -0.288. The number of hydrogen-bond donors (Lipinski definition) is 4. The largest absolute Gasteiger partial charge is 0.459 e. The SMILES string of the molecule is CC1C(CO)OC(OCCCCCCCCCCN2CCCN(CC(=O)OC(C)(C)C)CCN(CCCSS)CCCN(CC(=O)OC(C)(C)C)CC2)C(O)C1O. The van der Waals surface area contributed by atoms with Crippen LogP contribution in [0.3, 0.4) is 0 Å². The minimum atomic E-state index is -1.11. The first kappa shape index (κ1) is 52.4. The van der Waals surface area contributed by atoms with E-state index in [4.69, 9.17) is 18.9 Å². The van der Waals surface area contributed by atoms with Crippen LogP contribution in [-0.4, -0.2) is 180 Å². The molecule has 336 valence electrons. The molecule has 2 aliphatic heterocycles. The van der Waals surface area contributed by atoms with Gasteiger partial charge in [0.25, 0.3) is 0 Å². The highest BCUT2D eigenvalue weighted by atomic mass is 33.1. The van der Waals surface area contributed by atoms with E-state index in [-0.39, 0.29) is 24.5 Å². The van der Waals surface area contributed by atoms with Crippen LogP contribution in [0, 0.1) is 5.92 Å². The Balaban J connectivity index is 1.89. The fourth-order valence-corrected chi connectivity index (χ4v) is 8.04. The van der Waals surface area contributed by atoms with E-state index in [1.807, 2.05) is 41.5 Å². The van der Waals surface area contributed by atoms with Gasteiger partial charge < -0.3 is 44.1 Å². The van der Waals surface area contributed by atoms with Crippen LogP contribution in [0.15, 0.2) is 0 Å². The Bertz CT molecular complexity index is 1080. The molecular weight excluding hydrogens is 769 g/mol. The molecule has 0 radical (unpaired) electrons. The third-order valence-electron chi connectivity index (χ3n) is 10.5. The van der Waals surface area contributed by atoms with Crippen molar-refractivity contribution in [3.05, 3.63) is 0 Å².